The van der Waals surface area contributed by atoms with Crippen LogP contribution in [0.1, 0.15) is 35.8 Å². The van der Waals surface area contributed by atoms with Gasteiger partial charge in [0, 0.05) is 22.6 Å². The van der Waals surface area contributed by atoms with Crippen LogP contribution in [-0.2, 0) is 0 Å². The lowest BCUT2D eigenvalue weighted by atomic mass is 10.0. The van der Waals surface area contributed by atoms with Gasteiger partial charge in [-0.15, -0.1) is 0 Å². The summed E-state index contributed by atoms with van der Waals surface area (Å²) in [5, 5.41) is 3.34. The second kappa shape index (κ2) is 9.72. The zero-order chi connectivity index (χ0) is 17.4. The van der Waals surface area contributed by atoms with E-state index in [1.54, 1.807) is 0 Å². The minimum absolute atomic E-state index is 0.119. The summed E-state index contributed by atoms with van der Waals surface area (Å²) < 4.78 is 0.984. The fourth-order valence-electron chi connectivity index (χ4n) is 2.86. The highest BCUT2D eigenvalue weighted by Crippen LogP contribution is 2.19. The van der Waals surface area contributed by atoms with Crippen molar-refractivity contribution in [1.82, 2.24) is 10.2 Å². The number of hydrogen-bond acceptors (Lipinski definition) is 3. The number of hydrogen-bond donors (Lipinski definition) is 1. The van der Waals surface area contributed by atoms with Crippen molar-refractivity contribution in [3.8, 4) is 0 Å². The highest BCUT2D eigenvalue weighted by Gasteiger charge is 2.17. The summed E-state index contributed by atoms with van der Waals surface area (Å²) in [6.45, 7) is 7.43. The molecule has 2 rings (SSSR count). The lowest BCUT2D eigenvalue weighted by molar-refractivity contribution is 0.0987. The van der Waals surface area contributed by atoms with Crippen molar-refractivity contribution >= 4 is 21.7 Å². The van der Waals surface area contributed by atoms with Crippen molar-refractivity contribution in [2.45, 2.75) is 19.9 Å². The summed E-state index contributed by atoms with van der Waals surface area (Å²) >= 11 is 3.39. The van der Waals surface area contributed by atoms with Crippen molar-refractivity contribution in [2.24, 2.45) is 0 Å². The smallest absolute Gasteiger partial charge is 0.176 e. The molecule has 0 fully saturated rings. The molecule has 0 aliphatic heterocycles. The number of carbonyl (C=O) groups is 1. The normalized spacial score (nSPS) is 12.3. The van der Waals surface area contributed by atoms with Gasteiger partial charge in [-0.2, -0.15) is 0 Å². The first-order chi connectivity index (χ1) is 11.7. The standard InChI is InChI=1S/C20H25BrN2O/c1-3-23(4-2)19(16-8-6-5-7-9-16)14-22-15-20(24)17-10-12-18(21)13-11-17/h5-13,19,22H,3-4,14-15H2,1-2H3. The zero-order valence-corrected chi connectivity index (χ0v) is 15.9. The molecule has 1 unspecified atom stereocenters. The van der Waals surface area contributed by atoms with E-state index in [1.165, 1.54) is 5.56 Å². The molecule has 3 nitrogen and oxygen atoms in total. The minimum atomic E-state index is 0.119. The molecule has 0 saturated heterocycles. The van der Waals surface area contributed by atoms with Crippen molar-refractivity contribution in [1.29, 1.82) is 0 Å². The van der Waals surface area contributed by atoms with Gasteiger partial charge in [0.1, 0.15) is 0 Å². The third-order valence-electron chi connectivity index (χ3n) is 4.23. The Morgan fingerprint density at radius 2 is 1.67 bits per heavy atom. The van der Waals surface area contributed by atoms with Crippen molar-refractivity contribution in [2.75, 3.05) is 26.2 Å². The van der Waals surface area contributed by atoms with Crippen LogP contribution in [0.3, 0.4) is 0 Å². The number of rotatable bonds is 9. The molecule has 2 aromatic rings. The Bertz CT molecular complexity index is 624. The number of carbonyl (C=O) groups excluding carboxylic acids is 1. The first-order valence-corrected chi connectivity index (χ1v) is 9.23. The van der Waals surface area contributed by atoms with E-state index >= 15 is 0 Å². The van der Waals surface area contributed by atoms with Crippen molar-refractivity contribution in [3.63, 3.8) is 0 Å². The molecule has 0 saturated carbocycles. The molecule has 0 aliphatic rings. The van der Waals surface area contributed by atoms with E-state index in [2.05, 4.69) is 64.3 Å². The molecule has 0 aliphatic carbocycles. The summed E-state index contributed by atoms with van der Waals surface area (Å²) in [6.07, 6.45) is 0. The fraction of sp³-hybridized carbons (Fsp3) is 0.350. The average Bonchev–Trinajstić information content (AvgIpc) is 2.62. The molecule has 1 N–H and O–H groups in total. The van der Waals surface area contributed by atoms with Gasteiger partial charge in [-0.05, 0) is 30.8 Å². The molecule has 2 aromatic carbocycles. The van der Waals surface area contributed by atoms with Crippen LogP contribution in [0.4, 0.5) is 0 Å². The number of likely N-dealkylation sites (N-methyl/N-ethyl adjacent to an activating group) is 1. The molecule has 0 spiro atoms. The maximum absolute atomic E-state index is 12.3. The second-order valence-corrected chi connectivity index (χ2v) is 6.62. The van der Waals surface area contributed by atoms with E-state index in [0.717, 1.165) is 29.7 Å². The summed E-state index contributed by atoms with van der Waals surface area (Å²) in [6, 6.07) is 18.3. The lowest BCUT2D eigenvalue weighted by Gasteiger charge is -2.30. The number of Topliss-reactive ketones (excluding diaryl/α,β-unsaturated/α-hetero) is 1. The molecular formula is C20H25BrN2O. The summed E-state index contributed by atoms with van der Waals surface area (Å²) in [7, 11) is 0. The summed E-state index contributed by atoms with van der Waals surface area (Å²) in [5.41, 5.74) is 2.02. The topological polar surface area (TPSA) is 32.3 Å². The largest absolute Gasteiger partial charge is 0.308 e. The van der Waals surface area contributed by atoms with Crippen LogP contribution in [0.2, 0.25) is 0 Å². The van der Waals surface area contributed by atoms with Crippen molar-refractivity contribution in [3.05, 3.63) is 70.2 Å². The van der Waals surface area contributed by atoms with E-state index in [0.29, 0.717) is 6.54 Å². The third kappa shape index (κ3) is 5.26. The van der Waals surface area contributed by atoms with Gasteiger partial charge in [-0.1, -0.05) is 72.2 Å². The maximum atomic E-state index is 12.3. The van der Waals surface area contributed by atoms with Gasteiger partial charge in [0.25, 0.3) is 0 Å². The summed E-state index contributed by atoms with van der Waals surface area (Å²) in [5.74, 6) is 0.119. The minimum Gasteiger partial charge on any atom is -0.308 e. The third-order valence-corrected chi connectivity index (χ3v) is 4.76. The molecular weight excluding hydrogens is 364 g/mol. The van der Waals surface area contributed by atoms with Crippen LogP contribution in [0.15, 0.2) is 59.1 Å². The Hall–Kier alpha value is -1.49. The molecule has 4 heteroatoms. The molecule has 24 heavy (non-hydrogen) atoms. The SMILES string of the molecule is CCN(CC)C(CNCC(=O)c1ccc(Br)cc1)c1ccccc1. The Labute approximate surface area is 153 Å². The monoisotopic (exact) mass is 388 g/mol. The van der Waals surface area contributed by atoms with Gasteiger partial charge in [0.15, 0.2) is 5.78 Å². The number of ketones is 1. The molecule has 0 aromatic heterocycles. The van der Waals surface area contributed by atoms with Crippen molar-refractivity contribution < 1.29 is 4.79 Å². The average molecular weight is 389 g/mol. The van der Waals surface area contributed by atoms with Crippen LogP contribution in [0, 0.1) is 0 Å². The van der Waals surface area contributed by atoms with Gasteiger partial charge in [-0.3, -0.25) is 9.69 Å². The Balaban J connectivity index is 1.97. The first-order valence-electron chi connectivity index (χ1n) is 8.44. The molecule has 128 valence electrons. The first kappa shape index (κ1) is 18.8. The van der Waals surface area contributed by atoms with E-state index in [4.69, 9.17) is 0 Å². The molecule has 1 atom stereocenters. The highest BCUT2D eigenvalue weighted by molar-refractivity contribution is 9.10. The van der Waals surface area contributed by atoms with Crippen LogP contribution in [-0.4, -0.2) is 36.9 Å². The Morgan fingerprint density at radius 1 is 1.04 bits per heavy atom. The quantitative estimate of drug-likeness (QED) is 0.649. The van der Waals surface area contributed by atoms with Gasteiger partial charge in [-0.25, -0.2) is 0 Å². The predicted molar refractivity (Wildman–Crippen MR) is 103 cm³/mol. The van der Waals surface area contributed by atoms with Crippen LogP contribution < -0.4 is 5.32 Å². The molecule has 0 amide bonds. The zero-order valence-electron chi connectivity index (χ0n) is 14.3. The van der Waals surface area contributed by atoms with Crippen LogP contribution >= 0.6 is 15.9 Å². The van der Waals surface area contributed by atoms with E-state index in [9.17, 15) is 4.79 Å². The maximum Gasteiger partial charge on any atom is 0.176 e. The van der Waals surface area contributed by atoms with E-state index in [-0.39, 0.29) is 11.8 Å². The fourth-order valence-corrected chi connectivity index (χ4v) is 3.12. The molecule has 0 heterocycles. The van der Waals surface area contributed by atoms with E-state index in [1.807, 2.05) is 30.3 Å². The van der Waals surface area contributed by atoms with Gasteiger partial charge in [0.05, 0.1) is 6.54 Å². The van der Waals surface area contributed by atoms with Gasteiger partial charge < -0.3 is 5.32 Å². The van der Waals surface area contributed by atoms with Gasteiger partial charge in [0.2, 0.25) is 0 Å². The second-order valence-electron chi connectivity index (χ2n) is 5.71. The lowest BCUT2D eigenvalue weighted by Crippen LogP contribution is -2.37. The number of benzene rings is 2. The van der Waals surface area contributed by atoms with Gasteiger partial charge >= 0.3 is 0 Å². The van der Waals surface area contributed by atoms with E-state index < -0.39 is 0 Å². The molecule has 0 bridgehead atoms. The summed E-state index contributed by atoms with van der Waals surface area (Å²) in [4.78, 5) is 14.7. The Morgan fingerprint density at radius 3 is 2.25 bits per heavy atom. The Kier molecular flexibility index (Phi) is 7.63. The number of nitrogens with one attached hydrogen (secondary N) is 1. The van der Waals surface area contributed by atoms with Crippen LogP contribution in [0.25, 0.3) is 0 Å². The highest BCUT2D eigenvalue weighted by atomic mass is 79.9. The number of halogens is 1. The molecule has 0 radical (unpaired) electrons. The predicted octanol–water partition coefficient (Wildman–Crippen LogP) is 4.30. The van der Waals surface area contributed by atoms with Crippen LogP contribution in [0.5, 0.6) is 0 Å². The number of nitrogens with zero attached hydrogens (tertiary/aromatic N) is 1.